The van der Waals surface area contributed by atoms with Crippen LogP contribution in [0.3, 0.4) is 0 Å². The van der Waals surface area contributed by atoms with E-state index in [0.717, 1.165) is 30.4 Å². The number of thioether (sulfide) groups is 1. The molecule has 220 valence electrons. The Morgan fingerprint density at radius 2 is 1.64 bits per heavy atom. The van der Waals surface area contributed by atoms with E-state index in [-0.39, 0.29) is 24.4 Å². The van der Waals surface area contributed by atoms with Crippen molar-refractivity contribution in [2.24, 2.45) is 11.8 Å². The van der Waals surface area contributed by atoms with Gasteiger partial charge in [-0.15, -0.1) is 11.8 Å². The molecule has 1 spiro atoms. The average Bonchev–Trinajstić information content (AvgIpc) is 3.34. The fourth-order valence-electron chi connectivity index (χ4n) is 7.26. The second-order valence-corrected chi connectivity index (χ2v) is 13.7. The highest BCUT2D eigenvalue weighted by Crippen LogP contribution is 2.65. The fourth-order valence-corrected chi connectivity index (χ4v) is 9.40. The van der Waals surface area contributed by atoms with Gasteiger partial charge >= 0.3 is 5.97 Å². The third kappa shape index (κ3) is 4.98. The molecular weight excluding hydrogens is 548 g/mol. The Labute approximate surface area is 251 Å². The van der Waals surface area contributed by atoms with Crippen LogP contribution in [0.15, 0.2) is 85.0 Å². The molecule has 0 bridgehead atoms. The van der Waals surface area contributed by atoms with Crippen LogP contribution >= 0.6 is 11.8 Å². The van der Waals surface area contributed by atoms with Crippen LogP contribution in [-0.2, 0) is 32.1 Å². The fraction of sp³-hybridized carbons (Fsp3) is 0.441. The smallest absolute Gasteiger partial charge is 0.311 e. The predicted molar refractivity (Wildman–Crippen MR) is 162 cm³/mol. The first kappa shape index (κ1) is 28.7. The first-order chi connectivity index (χ1) is 20.4. The lowest BCUT2D eigenvalue weighted by Crippen LogP contribution is -2.57. The summed E-state index contributed by atoms with van der Waals surface area (Å²) < 4.78 is 4.07. The standard InChI is InChI=1S/C34H38N2O5S/c1-33-17-10-2-3-11-20-41-32(40)28(33)27-30(38)36(26(23-37)21-24-13-6-4-7-14-24)29-31(39)35(19-12-18-34(27,29)42-33)22-25-15-8-5-9-16-25/h4-10,12-18,26-29,37H,2-3,11,19-23H2,1H3/b17-10-/t26-,27+,28-,29?,33+,34+/m1/s1. The Hall–Kier alpha value is -3.36. The quantitative estimate of drug-likeness (QED) is 0.404. The number of fused-ring (bicyclic) bond motifs is 2. The number of aliphatic hydroxyl groups excluding tert-OH is 1. The molecule has 0 saturated carbocycles. The number of nitrogens with zero attached hydrogens (tertiary/aromatic N) is 2. The number of rotatable bonds is 6. The van der Waals surface area contributed by atoms with Crippen molar-refractivity contribution in [3.05, 3.63) is 96.1 Å². The molecule has 2 aromatic rings. The lowest BCUT2D eigenvalue weighted by Gasteiger charge is -2.40. The molecule has 4 heterocycles. The van der Waals surface area contributed by atoms with E-state index in [0.29, 0.717) is 26.1 Å². The number of likely N-dealkylation sites (tertiary alicyclic amines) is 1. The summed E-state index contributed by atoms with van der Waals surface area (Å²) in [6.45, 7) is 2.82. The molecule has 2 saturated heterocycles. The zero-order chi connectivity index (χ0) is 29.3. The van der Waals surface area contributed by atoms with Gasteiger partial charge < -0.3 is 19.6 Å². The second-order valence-electron chi connectivity index (χ2n) is 11.9. The number of amides is 2. The topological polar surface area (TPSA) is 87.1 Å². The largest absolute Gasteiger partial charge is 0.465 e. The van der Waals surface area contributed by atoms with Crippen LogP contribution in [0.25, 0.3) is 0 Å². The van der Waals surface area contributed by atoms with Crippen LogP contribution in [0.2, 0.25) is 0 Å². The minimum absolute atomic E-state index is 0.164. The molecule has 4 aliphatic rings. The van der Waals surface area contributed by atoms with Gasteiger partial charge in [-0.2, -0.15) is 0 Å². The van der Waals surface area contributed by atoms with Gasteiger partial charge in [0.05, 0.1) is 35.8 Å². The number of allylic oxidation sites excluding steroid dienone is 1. The number of hydrogen-bond donors (Lipinski definition) is 1. The van der Waals surface area contributed by atoms with Gasteiger partial charge in [0.15, 0.2) is 0 Å². The van der Waals surface area contributed by atoms with E-state index in [1.165, 1.54) is 0 Å². The van der Waals surface area contributed by atoms with Gasteiger partial charge in [0, 0.05) is 17.8 Å². The predicted octanol–water partition coefficient (Wildman–Crippen LogP) is 4.16. The SMILES string of the molecule is C[C@]12/C=C\CCCCOC(=O)[C@H]1[C@H]1C(=O)N([C@@H](CO)Cc3ccccc3)C3C(=O)N(Cc4ccccc4)CC=C[C@@]31S2. The van der Waals surface area contributed by atoms with Crippen LogP contribution in [0.1, 0.15) is 37.3 Å². The maximum absolute atomic E-state index is 14.7. The summed E-state index contributed by atoms with van der Waals surface area (Å²) in [5, 5.41) is 10.7. The van der Waals surface area contributed by atoms with E-state index < -0.39 is 33.4 Å². The van der Waals surface area contributed by atoms with Crippen molar-refractivity contribution in [2.75, 3.05) is 19.8 Å². The molecule has 1 unspecified atom stereocenters. The van der Waals surface area contributed by atoms with Crippen molar-refractivity contribution in [2.45, 2.75) is 60.7 Å². The maximum atomic E-state index is 14.7. The average molecular weight is 587 g/mol. The normalized spacial score (nSPS) is 32.4. The highest BCUT2D eigenvalue weighted by molar-refractivity contribution is 8.02. The van der Waals surface area contributed by atoms with Gasteiger partial charge in [0.1, 0.15) is 6.04 Å². The van der Waals surface area contributed by atoms with Gasteiger partial charge in [-0.3, -0.25) is 14.4 Å². The van der Waals surface area contributed by atoms with E-state index in [9.17, 15) is 19.5 Å². The maximum Gasteiger partial charge on any atom is 0.311 e. The molecule has 0 aliphatic carbocycles. The van der Waals surface area contributed by atoms with Crippen LogP contribution in [0, 0.1) is 11.8 Å². The summed E-state index contributed by atoms with van der Waals surface area (Å²) in [4.78, 5) is 46.6. The Morgan fingerprint density at radius 1 is 0.929 bits per heavy atom. The third-order valence-corrected chi connectivity index (χ3v) is 11.0. The zero-order valence-corrected chi connectivity index (χ0v) is 24.7. The van der Waals surface area contributed by atoms with E-state index in [2.05, 4.69) is 12.2 Å². The number of aliphatic hydroxyl groups is 1. The Balaban J connectivity index is 1.46. The van der Waals surface area contributed by atoms with Crippen molar-refractivity contribution in [1.82, 2.24) is 9.80 Å². The molecule has 0 aromatic heterocycles. The van der Waals surface area contributed by atoms with Crippen LogP contribution in [-0.4, -0.2) is 74.0 Å². The van der Waals surface area contributed by atoms with E-state index in [1.54, 1.807) is 21.6 Å². The number of hydrogen-bond acceptors (Lipinski definition) is 6. The number of carbonyl (C=O) groups is 3. The monoisotopic (exact) mass is 586 g/mol. The number of cyclic esters (lactones) is 1. The number of benzene rings is 2. The molecule has 4 aliphatic heterocycles. The van der Waals surface area contributed by atoms with Crippen molar-refractivity contribution < 1.29 is 24.2 Å². The number of esters is 1. The van der Waals surface area contributed by atoms with Gasteiger partial charge in [0.25, 0.3) is 0 Å². The summed E-state index contributed by atoms with van der Waals surface area (Å²) in [6.07, 6.45) is 11.1. The van der Waals surface area contributed by atoms with Crippen molar-refractivity contribution in [1.29, 1.82) is 0 Å². The Morgan fingerprint density at radius 3 is 2.36 bits per heavy atom. The van der Waals surface area contributed by atoms with Crippen molar-refractivity contribution >= 4 is 29.5 Å². The first-order valence-corrected chi connectivity index (χ1v) is 15.7. The van der Waals surface area contributed by atoms with Gasteiger partial charge in [-0.05, 0) is 43.7 Å². The van der Waals surface area contributed by atoms with Gasteiger partial charge in [-0.1, -0.05) is 85.0 Å². The summed E-state index contributed by atoms with van der Waals surface area (Å²) in [6, 6.07) is 18.0. The Kier molecular flexibility index (Phi) is 8.03. The van der Waals surface area contributed by atoms with Crippen LogP contribution < -0.4 is 0 Å². The van der Waals surface area contributed by atoms with Gasteiger partial charge in [-0.25, -0.2) is 0 Å². The molecule has 2 aromatic carbocycles. The summed E-state index contributed by atoms with van der Waals surface area (Å²) in [5.41, 5.74) is 1.96. The molecule has 42 heavy (non-hydrogen) atoms. The molecule has 6 rings (SSSR count). The summed E-state index contributed by atoms with van der Waals surface area (Å²) in [5.74, 6) is -2.37. The molecule has 2 fully saturated rings. The third-order valence-electron chi connectivity index (χ3n) is 9.16. The lowest BCUT2D eigenvalue weighted by molar-refractivity contribution is -0.154. The molecule has 2 amide bonds. The van der Waals surface area contributed by atoms with Crippen molar-refractivity contribution in [3.63, 3.8) is 0 Å². The highest BCUT2D eigenvalue weighted by Gasteiger charge is 2.74. The van der Waals surface area contributed by atoms with E-state index in [4.69, 9.17) is 4.74 Å². The van der Waals surface area contributed by atoms with Crippen LogP contribution in [0.5, 0.6) is 0 Å². The van der Waals surface area contributed by atoms with E-state index in [1.807, 2.05) is 79.7 Å². The summed E-state index contributed by atoms with van der Waals surface area (Å²) in [7, 11) is 0. The van der Waals surface area contributed by atoms with Gasteiger partial charge in [0.2, 0.25) is 11.8 Å². The molecule has 7 nitrogen and oxygen atoms in total. The van der Waals surface area contributed by atoms with Crippen LogP contribution in [0.4, 0.5) is 0 Å². The zero-order valence-electron chi connectivity index (χ0n) is 23.9. The molecule has 6 atom stereocenters. The highest BCUT2D eigenvalue weighted by atomic mass is 32.2. The molecular formula is C34H38N2O5S. The minimum atomic E-state index is -0.986. The first-order valence-electron chi connectivity index (χ1n) is 14.9. The number of carbonyl (C=O) groups excluding carboxylic acids is 3. The molecule has 0 radical (unpaired) electrons. The van der Waals surface area contributed by atoms with Crippen molar-refractivity contribution in [3.8, 4) is 0 Å². The molecule has 8 heteroatoms. The molecule has 1 N–H and O–H groups in total. The van der Waals surface area contributed by atoms with E-state index >= 15 is 0 Å². The Bertz CT molecular complexity index is 1380. The minimum Gasteiger partial charge on any atom is -0.465 e. The second kappa shape index (κ2) is 11.7. The number of ether oxygens (including phenoxy) is 1. The summed E-state index contributed by atoms with van der Waals surface area (Å²) >= 11 is 1.54. The lowest BCUT2D eigenvalue weighted by atomic mass is 9.74.